The Morgan fingerprint density at radius 1 is 1.18 bits per heavy atom. The third-order valence-corrected chi connectivity index (χ3v) is 6.96. The SMILES string of the molecule is CN(C)CCCN(C)c1cc(Br)ccc1S(=O)(=O)NC1CCC(=C(F)F)CC1. The molecule has 28 heavy (non-hydrogen) atoms. The molecular formula is C19H28BrF2N3O2S. The van der Waals surface area contributed by atoms with Gasteiger partial charge >= 0.3 is 0 Å². The van der Waals surface area contributed by atoms with Crippen molar-refractivity contribution in [2.24, 2.45) is 0 Å². The van der Waals surface area contributed by atoms with Gasteiger partial charge in [-0.25, -0.2) is 13.1 Å². The van der Waals surface area contributed by atoms with E-state index in [4.69, 9.17) is 0 Å². The van der Waals surface area contributed by atoms with Crippen molar-refractivity contribution >= 4 is 31.6 Å². The average Bonchev–Trinajstić information content (AvgIpc) is 2.61. The molecule has 0 aromatic heterocycles. The van der Waals surface area contributed by atoms with Crippen molar-refractivity contribution in [2.75, 3.05) is 39.1 Å². The second kappa shape index (κ2) is 10.1. The second-order valence-corrected chi connectivity index (χ2v) is 10.0. The van der Waals surface area contributed by atoms with Crippen molar-refractivity contribution < 1.29 is 17.2 Å². The van der Waals surface area contributed by atoms with Gasteiger partial charge in [-0.3, -0.25) is 0 Å². The summed E-state index contributed by atoms with van der Waals surface area (Å²) in [6.45, 7) is 1.62. The molecule has 0 amide bonds. The van der Waals surface area contributed by atoms with Gasteiger partial charge in [-0.05, 0) is 76.5 Å². The molecular weight excluding hydrogens is 452 g/mol. The number of hydrogen-bond donors (Lipinski definition) is 1. The lowest BCUT2D eigenvalue weighted by molar-refractivity contribution is 0.380. The summed E-state index contributed by atoms with van der Waals surface area (Å²) >= 11 is 3.42. The maximum atomic E-state index is 13.0. The van der Waals surface area contributed by atoms with Crippen LogP contribution in [0.5, 0.6) is 0 Å². The summed E-state index contributed by atoms with van der Waals surface area (Å²) in [5.41, 5.74) is 0.757. The number of nitrogens with zero attached hydrogens (tertiary/aromatic N) is 2. The van der Waals surface area contributed by atoms with Crippen molar-refractivity contribution in [1.82, 2.24) is 9.62 Å². The van der Waals surface area contributed by atoms with E-state index >= 15 is 0 Å². The molecule has 0 saturated heterocycles. The van der Waals surface area contributed by atoms with Gasteiger partial charge in [0.15, 0.2) is 0 Å². The molecule has 158 valence electrons. The van der Waals surface area contributed by atoms with Crippen molar-refractivity contribution in [2.45, 2.75) is 43.0 Å². The number of anilines is 1. The third kappa shape index (κ3) is 6.50. The fourth-order valence-corrected chi connectivity index (χ4v) is 5.20. The number of nitrogens with one attached hydrogen (secondary N) is 1. The number of benzene rings is 1. The Hall–Kier alpha value is -1.03. The lowest BCUT2D eigenvalue weighted by atomic mass is 9.92. The van der Waals surface area contributed by atoms with E-state index in [1.807, 2.05) is 26.0 Å². The number of sulfonamides is 1. The Labute approximate surface area is 175 Å². The summed E-state index contributed by atoms with van der Waals surface area (Å²) in [7, 11) is 2.11. The van der Waals surface area contributed by atoms with E-state index in [9.17, 15) is 17.2 Å². The predicted molar refractivity (Wildman–Crippen MR) is 112 cm³/mol. The maximum absolute atomic E-state index is 13.0. The summed E-state index contributed by atoms with van der Waals surface area (Å²) in [5, 5.41) is 0. The average molecular weight is 480 g/mol. The zero-order valence-corrected chi connectivity index (χ0v) is 18.9. The summed E-state index contributed by atoms with van der Waals surface area (Å²) in [4.78, 5) is 4.23. The summed E-state index contributed by atoms with van der Waals surface area (Å²) in [5.74, 6) is 0. The molecule has 5 nitrogen and oxygen atoms in total. The lowest BCUT2D eigenvalue weighted by Crippen LogP contribution is -2.37. The van der Waals surface area contributed by atoms with Crippen molar-refractivity contribution in [1.29, 1.82) is 0 Å². The molecule has 2 rings (SSSR count). The number of hydrogen-bond acceptors (Lipinski definition) is 4. The fraction of sp³-hybridized carbons (Fsp3) is 0.579. The van der Waals surface area contributed by atoms with Crippen molar-refractivity contribution in [3.8, 4) is 0 Å². The smallest absolute Gasteiger partial charge is 0.269 e. The summed E-state index contributed by atoms with van der Waals surface area (Å²) < 4.78 is 55.0. The molecule has 0 unspecified atom stereocenters. The van der Waals surface area contributed by atoms with E-state index in [1.165, 1.54) is 0 Å². The zero-order valence-electron chi connectivity index (χ0n) is 16.5. The van der Waals surface area contributed by atoms with Crippen LogP contribution in [0.15, 0.2) is 39.2 Å². The van der Waals surface area contributed by atoms with Crippen LogP contribution in [-0.4, -0.2) is 53.6 Å². The molecule has 0 bridgehead atoms. The zero-order chi connectivity index (χ0) is 20.9. The molecule has 1 saturated carbocycles. The molecule has 1 aromatic carbocycles. The maximum Gasteiger partial charge on any atom is 0.269 e. The molecule has 1 aliphatic carbocycles. The highest BCUT2D eigenvalue weighted by Crippen LogP contribution is 2.31. The van der Waals surface area contributed by atoms with Crippen LogP contribution in [0.25, 0.3) is 0 Å². The van der Waals surface area contributed by atoms with Crippen molar-refractivity contribution in [3.63, 3.8) is 0 Å². The van der Waals surface area contributed by atoms with E-state index in [-0.39, 0.29) is 29.4 Å². The van der Waals surface area contributed by atoms with E-state index < -0.39 is 16.1 Å². The quantitative estimate of drug-likeness (QED) is 0.606. The first-order valence-electron chi connectivity index (χ1n) is 9.31. The van der Waals surface area contributed by atoms with E-state index in [2.05, 4.69) is 25.6 Å². The largest absolute Gasteiger partial charge is 0.373 e. The van der Waals surface area contributed by atoms with Crippen LogP contribution in [-0.2, 0) is 10.0 Å². The molecule has 0 spiro atoms. The Morgan fingerprint density at radius 2 is 1.82 bits per heavy atom. The Bertz CT molecular complexity index is 801. The van der Waals surface area contributed by atoms with Gasteiger partial charge in [0.05, 0.1) is 5.69 Å². The van der Waals surface area contributed by atoms with Crippen LogP contribution >= 0.6 is 15.9 Å². The minimum atomic E-state index is -3.76. The first-order valence-corrected chi connectivity index (χ1v) is 11.6. The molecule has 1 aromatic rings. The van der Waals surface area contributed by atoms with Crippen LogP contribution in [0.1, 0.15) is 32.1 Å². The molecule has 1 N–H and O–H groups in total. The first-order chi connectivity index (χ1) is 13.1. The van der Waals surface area contributed by atoms with Gasteiger partial charge in [0.1, 0.15) is 4.90 Å². The van der Waals surface area contributed by atoms with Gasteiger partial charge in [0, 0.05) is 24.1 Å². The number of rotatable bonds is 8. The molecule has 9 heteroatoms. The lowest BCUT2D eigenvalue weighted by Gasteiger charge is -2.27. The predicted octanol–water partition coefficient (Wildman–Crippen LogP) is 4.21. The minimum absolute atomic E-state index is 0.139. The molecule has 1 aliphatic rings. The van der Waals surface area contributed by atoms with Gasteiger partial charge in [-0.15, -0.1) is 0 Å². The van der Waals surface area contributed by atoms with Gasteiger partial charge in [0.2, 0.25) is 10.0 Å². The van der Waals surface area contributed by atoms with Gasteiger partial charge in [-0.2, -0.15) is 8.78 Å². The summed E-state index contributed by atoms with van der Waals surface area (Å²) in [6, 6.07) is 4.75. The highest BCUT2D eigenvalue weighted by atomic mass is 79.9. The van der Waals surface area contributed by atoms with Crippen molar-refractivity contribution in [3.05, 3.63) is 34.3 Å². The Balaban J connectivity index is 2.15. The highest BCUT2D eigenvalue weighted by molar-refractivity contribution is 9.10. The summed E-state index contributed by atoms with van der Waals surface area (Å²) in [6.07, 6.45) is 0.499. The number of allylic oxidation sites excluding steroid dienone is 1. The second-order valence-electron chi connectivity index (χ2n) is 7.45. The van der Waals surface area contributed by atoms with E-state index in [1.54, 1.807) is 18.2 Å². The molecule has 1 fully saturated rings. The molecule has 0 atom stereocenters. The first kappa shape index (κ1) is 23.3. The Kier molecular flexibility index (Phi) is 8.42. The van der Waals surface area contributed by atoms with Gasteiger partial charge in [-0.1, -0.05) is 15.9 Å². The highest BCUT2D eigenvalue weighted by Gasteiger charge is 2.27. The molecule has 0 aliphatic heterocycles. The topological polar surface area (TPSA) is 52.7 Å². The molecule has 0 heterocycles. The molecule has 0 radical (unpaired) electrons. The fourth-order valence-electron chi connectivity index (χ4n) is 3.32. The van der Waals surface area contributed by atoms with E-state index in [0.717, 1.165) is 17.4 Å². The van der Waals surface area contributed by atoms with Gasteiger partial charge < -0.3 is 9.80 Å². The number of halogens is 3. The van der Waals surface area contributed by atoms with Gasteiger partial charge in [0.25, 0.3) is 6.08 Å². The monoisotopic (exact) mass is 479 g/mol. The van der Waals surface area contributed by atoms with Crippen LogP contribution in [0.4, 0.5) is 14.5 Å². The van der Waals surface area contributed by atoms with Crippen LogP contribution in [0, 0.1) is 0 Å². The third-order valence-electron chi connectivity index (χ3n) is 4.90. The van der Waals surface area contributed by atoms with Crippen LogP contribution < -0.4 is 9.62 Å². The standard InChI is InChI=1S/C19H28BrF2N3O2S/c1-24(2)11-4-12-25(3)17-13-15(20)7-10-18(17)28(26,27)23-16-8-5-14(6-9-16)19(21)22/h7,10,13,16,23H,4-6,8-9,11-12H2,1-3H3. The van der Waals surface area contributed by atoms with E-state index in [0.29, 0.717) is 25.1 Å². The normalized spacial score (nSPS) is 17.8. The minimum Gasteiger partial charge on any atom is -0.373 e. The Morgan fingerprint density at radius 3 is 2.39 bits per heavy atom. The van der Waals surface area contributed by atoms with Crippen LogP contribution in [0.3, 0.4) is 0 Å². The van der Waals surface area contributed by atoms with Crippen LogP contribution in [0.2, 0.25) is 0 Å².